The second kappa shape index (κ2) is 5.85. The maximum atomic E-state index is 6.00. The van der Waals surface area contributed by atoms with E-state index in [0.29, 0.717) is 0 Å². The van der Waals surface area contributed by atoms with Crippen LogP contribution in [-0.2, 0) is 11.2 Å². The Balaban J connectivity index is 2.37. The SMILES string of the molecule is COC(C)CC(N)Cc1ccc(Br)s1. The summed E-state index contributed by atoms with van der Waals surface area (Å²) in [4.78, 5) is 1.33. The number of halogens is 1. The summed E-state index contributed by atoms with van der Waals surface area (Å²) in [6.45, 7) is 2.05. The highest BCUT2D eigenvalue weighted by Crippen LogP contribution is 2.23. The summed E-state index contributed by atoms with van der Waals surface area (Å²) in [7, 11) is 1.72. The van der Waals surface area contributed by atoms with Crippen molar-refractivity contribution in [3.05, 3.63) is 20.8 Å². The van der Waals surface area contributed by atoms with Crippen LogP contribution in [0.2, 0.25) is 0 Å². The van der Waals surface area contributed by atoms with Gasteiger partial charge in [0.2, 0.25) is 0 Å². The third-order valence-corrected chi connectivity index (χ3v) is 3.78. The lowest BCUT2D eigenvalue weighted by molar-refractivity contribution is 0.105. The van der Waals surface area contributed by atoms with E-state index >= 15 is 0 Å². The van der Waals surface area contributed by atoms with Gasteiger partial charge in [-0.05, 0) is 47.8 Å². The lowest BCUT2D eigenvalue weighted by Gasteiger charge is -2.15. The van der Waals surface area contributed by atoms with Crippen LogP contribution in [0.25, 0.3) is 0 Å². The summed E-state index contributed by atoms with van der Waals surface area (Å²) in [5.41, 5.74) is 6.00. The topological polar surface area (TPSA) is 35.2 Å². The Bertz CT molecular complexity index is 277. The highest BCUT2D eigenvalue weighted by molar-refractivity contribution is 9.11. The van der Waals surface area contributed by atoms with Gasteiger partial charge in [-0.25, -0.2) is 0 Å². The number of rotatable bonds is 5. The molecule has 2 atom stereocenters. The van der Waals surface area contributed by atoms with Gasteiger partial charge in [0.1, 0.15) is 0 Å². The van der Waals surface area contributed by atoms with Crippen molar-refractivity contribution in [2.24, 2.45) is 5.73 Å². The molecule has 0 radical (unpaired) electrons. The van der Waals surface area contributed by atoms with E-state index < -0.39 is 0 Å². The molecule has 0 aliphatic heterocycles. The van der Waals surface area contributed by atoms with Gasteiger partial charge in [0.15, 0.2) is 0 Å². The molecule has 0 aliphatic rings. The number of hydrogen-bond donors (Lipinski definition) is 1. The second-order valence-electron chi connectivity index (χ2n) is 3.45. The van der Waals surface area contributed by atoms with Crippen molar-refractivity contribution in [2.45, 2.75) is 31.9 Å². The molecule has 0 saturated heterocycles. The highest BCUT2D eigenvalue weighted by atomic mass is 79.9. The van der Waals surface area contributed by atoms with Gasteiger partial charge in [-0.1, -0.05) is 0 Å². The van der Waals surface area contributed by atoms with Crippen LogP contribution in [0, 0.1) is 0 Å². The van der Waals surface area contributed by atoms with Crippen LogP contribution in [0.3, 0.4) is 0 Å². The molecule has 0 spiro atoms. The summed E-state index contributed by atoms with van der Waals surface area (Å²) in [6.07, 6.45) is 2.09. The number of nitrogens with two attached hydrogens (primary N) is 1. The van der Waals surface area contributed by atoms with Crippen molar-refractivity contribution in [1.29, 1.82) is 0 Å². The summed E-state index contributed by atoms with van der Waals surface area (Å²) >= 11 is 5.19. The van der Waals surface area contributed by atoms with Gasteiger partial charge >= 0.3 is 0 Å². The Morgan fingerprint density at radius 1 is 1.57 bits per heavy atom. The van der Waals surface area contributed by atoms with E-state index in [-0.39, 0.29) is 12.1 Å². The average Bonchev–Trinajstić information content (AvgIpc) is 2.50. The van der Waals surface area contributed by atoms with Crippen molar-refractivity contribution in [1.82, 2.24) is 0 Å². The molecule has 0 amide bonds. The molecule has 2 N–H and O–H groups in total. The van der Waals surface area contributed by atoms with E-state index in [4.69, 9.17) is 10.5 Å². The van der Waals surface area contributed by atoms with Crippen LogP contribution in [-0.4, -0.2) is 19.3 Å². The Morgan fingerprint density at radius 2 is 2.29 bits per heavy atom. The number of methoxy groups -OCH3 is 1. The van der Waals surface area contributed by atoms with Crippen molar-refractivity contribution in [3.63, 3.8) is 0 Å². The molecule has 0 bridgehead atoms. The van der Waals surface area contributed by atoms with E-state index in [1.807, 2.05) is 6.92 Å². The first-order valence-corrected chi connectivity index (χ1v) is 6.25. The first kappa shape index (κ1) is 12.2. The van der Waals surface area contributed by atoms with Crippen LogP contribution in [0.4, 0.5) is 0 Å². The van der Waals surface area contributed by atoms with Crippen molar-refractivity contribution in [3.8, 4) is 0 Å². The molecule has 0 aromatic carbocycles. The van der Waals surface area contributed by atoms with Crippen molar-refractivity contribution >= 4 is 27.3 Å². The minimum Gasteiger partial charge on any atom is -0.382 e. The van der Waals surface area contributed by atoms with Gasteiger partial charge < -0.3 is 10.5 Å². The molecule has 1 aromatic heterocycles. The van der Waals surface area contributed by atoms with Crippen LogP contribution in [0.5, 0.6) is 0 Å². The van der Waals surface area contributed by atoms with E-state index in [2.05, 4.69) is 28.1 Å². The maximum absolute atomic E-state index is 6.00. The molecule has 14 heavy (non-hydrogen) atoms. The fraction of sp³-hybridized carbons (Fsp3) is 0.600. The molecule has 1 heterocycles. The van der Waals surface area contributed by atoms with Crippen LogP contribution in [0.15, 0.2) is 15.9 Å². The fourth-order valence-electron chi connectivity index (χ4n) is 1.33. The number of thiophene rings is 1. The first-order chi connectivity index (χ1) is 6.61. The quantitative estimate of drug-likeness (QED) is 0.899. The largest absolute Gasteiger partial charge is 0.382 e. The third kappa shape index (κ3) is 4.09. The Labute approximate surface area is 97.6 Å². The molecule has 2 nitrogen and oxygen atoms in total. The smallest absolute Gasteiger partial charge is 0.0701 e. The zero-order valence-corrected chi connectivity index (χ0v) is 10.9. The van der Waals surface area contributed by atoms with Gasteiger partial charge in [-0.2, -0.15) is 0 Å². The molecule has 4 heteroatoms. The minimum absolute atomic E-state index is 0.190. The molecule has 1 aromatic rings. The molecule has 0 aliphatic carbocycles. The van der Waals surface area contributed by atoms with Crippen molar-refractivity contribution in [2.75, 3.05) is 7.11 Å². The molecule has 2 unspecified atom stereocenters. The lowest BCUT2D eigenvalue weighted by Crippen LogP contribution is -2.27. The normalized spacial score (nSPS) is 15.4. The summed E-state index contributed by atoms with van der Waals surface area (Å²) in [5.74, 6) is 0. The lowest BCUT2D eigenvalue weighted by atomic mass is 10.1. The maximum Gasteiger partial charge on any atom is 0.0701 e. The Morgan fingerprint density at radius 3 is 2.79 bits per heavy atom. The van der Waals surface area contributed by atoms with Gasteiger partial charge in [-0.15, -0.1) is 11.3 Å². The van der Waals surface area contributed by atoms with Gasteiger partial charge in [0.25, 0.3) is 0 Å². The van der Waals surface area contributed by atoms with Gasteiger partial charge in [-0.3, -0.25) is 0 Å². The summed E-state index contributed by atoms with van der Waals surface area (Å²) in [6, 6.07) is 4.37. The molecule has 80 valence electrons. The van der Waals surface area contributed by atoms with E-state index in [1.165, 1.54) is 8.66 Å². The molecular formula is C10H16BrNOS. The van der Waals surface area contributed by atoms with Crippen molar-refractivity contribution < 1.29 is 4.74 Å². The minimum atomic E-state index is 0.190. The first-order valence-electron chi connectivity index (χ1n) is 4.64. The number of ether oxygens (including phenoxy) is 1. The van der Waals surface area contributed by atoms with Crippen LogP contribution in [0.1, 0.15) is 18.2 Å². The Kier molecular flexibility index (Phi) is 5.09. The highest BCUT2D eigenvalue weighted by Gasteiger charge is 2.10. The average molecular weight is 278 g/mol. The molecule has 0 fully saturated rings. The van der Waals surface area contributed by atoms with Crippen LogP contribution >= 0.6 is 27.3 Å². The number of hydrogen-bond acceptors (Lipinski definition) is 3. The standard InChI is InChI=1S/C10H16BrNOS/c1-7(13-2)5-8(12)6-9-3-4-10(11)14-9/h3-4,7-8H,5-6,12H2,1-2H3. The fourth-order valence-corrected chi connectivity index (χ4v) is 2.90. The predicted octanol–water partition coefficient (Wildman–Crippen LogP) is 2.81. The summed E-state index contributed by atoms with van der Waals surface area (Å²) in [5, 5.41) is 0. The predicted molar refractivity (Wildman–Crippen MR) is 64.8 cm³/mol. The molecular weight excluding hydrogens is 262 g/mol. The van der Waals surface area contributed by atoms with Crippen LogP contribution < -0.4 is 5.73 Å². The zero-order chi connectivity index (χ0) is 10.6. The van der Waals surface area contributed by atoms with Gasteiger partial charge in [0, 0.05) is 18.0 Å². The second-order valence-corrected chi connectivity index (χ2v) is 6.00. The van der Waals surface area contributed by atoms with E-state index in [0.717, 1.165) is 12.8 Å². The third-order valence-electron chi connectivity index (χ3n) is 2.13. The zero-order valence-electron chi connectivity index (χ0n) is 8.50. The van der Waals surface area contributed by atoms with E-state index in [1.54, 1.807) is 18.4 Å². The Hall–Kier alpha value is 0.1000. The van der Waals surface area contributed by atoms with Gasteiger partial charge in [0.05, 0.1) is 9.89 Å². The molecule has 0 saturated carbocycles. The van der Waals surface area contributed by atoms with E-state index in [9.17, 15) is 0 Å². The summed E-state index contributed by atoms with van der Waals surface area (Å²) < 4.78 is 6.34. The monoisotopic (exact) mass is 277 g/mol. The molecule has 1 rings (SSSR count).